The van der Waals surface area contributed by atoms with Gasteiger partial charge < -0.3 is 9.64 Å². The van der Waals surface area contributed by atoms with Crippen molar-refractivity contribution in [2.24, 2.45) is 0 Å². The second-order valence-electron chi connectivity index (χ2n) is 4.59. The zero-order valence-electron chi connectivity index (χ0n) is 10.4. The molecule has 17 heavy (non-hydrogen) atoms. The molecular formula is C14H18ClNO. The van der Waals surface area contributed by atoms with Crippen LogP contribution in [-0.2, 0) is 0 Å². The summed E-state index contributed by atoms with van der Waals surface area (Å²) in [5, 5.41) is 0.756. The molecule has 0 amide bonds. The average molecular weight is 252 g/mol. The summed E-state index contributed by atoms with van der Waals surface area (Å²) in [6.07, 6.45) is 3.40. The number of rotatable bonds is 3. The van der Waals surface area contributed by atoms with E-state index in [1.165, 1.54) is 5.57 Å². The Hall–Kier alpha value is -0.990. The molecule has 0 saturated heterocycles. The largest absolute Gasteiger partial charge is 0.489 e. The predicted octanol–water partition coefficient (Wildman–Crippen LogP) is 3.29. The number of benzene rings is 1. The Morgan fingerprint density at radius 1 is 1.41 bits per heavy atom. The third-order valence-corrected chi connectivity index (χ3v) is 3.20. The van der Waals surface area contributed by atoms with Crippen molar-refractivity contribution in [1.29, 1.82) is 0 Å². The first-order valence-corrected chi connectivity index (χ1v) is 6.28. The Morgan fingerprint density at radius 2 is 2.24 bits per heavy atom. The van der Waals surface area contributed by atoms with Crippen LogP contribution in [0.1, 0.15) is 12.0 Å². The first kappa shape index (κ1) is 12.5. The zero-order chi connectivity index (χ0) is 12.3. The minimum Gasteiger partial charge on any atom is -0.489 e. The fourth-order valence-corrected chi connectivity index (χ4v) is 2.26. The lowest BCUT2D eigenvalue weighted by Crippen LogP contribution is -2.27. The van der Waals surface area contributed by atoms with E-state index in [0.29, 0.717) is 6.61 Å². The van der Waals surface area contributed by atoms with Crippen LogP contribution in [0.15, 0.2) is 29.8 Å². The molecule has 92 valence electrons. The van der Waals surface area contributed by atoms with E-state index in [0.717, 1.165) is 35.8 Å². The summed E-state index contributed by atoms with van der Waals surface area (Å²) in [6, 6.07) is 5.73. The molecule has 1 heterocycles. The molecule has 0 aliphatic carbocycles. The van der Waals surface area contributed by atoms with Crippen molar-refractivity contribution in [3.8, 4) is 5.75 Å². The highest BCUT2D eigenvalue weighted by Crippen LogP contribution is 2.22. The predicted molar refractivity (Wildman–Crippen MR) is 71.9 cm³/mol. The SMILES string of the molecule is Cc1cc(Cl)ccc1OCC1=CCCN(C)C1. The topological polar surface area (TPSA) is 12.5 Å². The van der Waals surface area contributed by atoms with Crippen molar-refractivity contribution in [1.82, 2.24) is 4.90 Å². The van der Waals surface area contributed by atoms with Crippen molar-refractivity contribution in [2.75, 3.05) is 26.7 Å². The van der Waals surface area contributed by atoms with E-state index in [2.05, 4.69) is 18.0 Å². The normalized spacial score (nSPS) is 16.8. The summed E-state index contributed by atoms with van der Waals surface area (Å²) in [5.74, 6) is 0.920. The van der Waals surface area contributed by atoms with Crippen LogP contribution >= 0.6 is 11.6 Å². The van der Waals surface area contributed by atoms with E-state index in [1.807, 2.05) is 25.1 Å². The van der Waals surface area contributed by atoms with Crippen molar-refractivity contribution in [3.05, 3.63) is 40.4 Å². The quantitative estimate of drug-likeness (QED) is 0.765. The van der Waals surface area contributed by atoms with Gasteiger partial charge in [-0.3, -0.25) is 0 Å². The molecule has 1 aliphatic rings. The van der Waals surface area contributed by atoms with E-state index in [4.69, 9.17) is 16.3 Å². The highest BCUT2D eigenvalue weighted by Gasteiger charge is 2.09. The Kier molecular flexibility index (Phi) is 4.08. The molecule has 1 aromatic carbocycles. The van der Waals surface area contributed by atoms with Crippen LogP contribution in [0.3, 0.4) is 0 Å². The maximum atomic E-state index is 5.91. The Bertz CT molecular complexity index is 428. The molecule has 1 aromatic rings. The molecule has 0 spiro atoms. The van der Waals surface area contributed by atoms with Gasteiger partial charge in [0.05, 0.1) is 0 Å². The molecule has 0 N–H and O–H groups in total. The molecule has 3 heteroatoms. The molecule has 0 radical (unpaired) electrons. The molecule has 0 bridgehead atoms. The number of hydrogen-bond donors (Lipinski definition) is 0. The van der Waals surface area contributed by atoms with Crippen LogP contribution in [0.4, 0.5) is 0 Å². The molecule has 0 unspecified atom stereocenters. The highest BCUT2D eigenvalue weighted by molar-refractivity contribution is 6.30. The molecule has 0 atom stereocenters. The second kappa shape index (κ2) is 5.56. The number of nitrogens with zero attached hydrogens (tertiary/aromatic N) is 1. The van der Waals surface area contributed by atoms with Crippen LogP contribution in [0.5, 0.6) is 5.75 Å². The molecular weight excluding hydrogens is 234 g/mol. The van der Waals surface area contributed by atoms with Gasteiger partial charge >= 0.3 is 0 Å². The number of likely N-dealkylation sites (N-methyl/N-ethyl adjacent to an activating group) is 1. The fourth-order valence-electron chi connectivity index (χ4n) is 2.03. The lowest BCUT2D eigenvalue weighted by molar-refractivity contribution is 0.301. The molecule has 1 aliphatic heterocycles. The molecule has 2 rings (SSSR count). The Balaban J connectivity index is 1.95. The smallest absolute Gasteiger partial charge is 0.122 e. The van der Waals surface area contributed by atoms with Gasteiger partial charge in [-0.15, -0.1) is 0 Å². The Labute approximate surface area is 108 Å². The van der Waals surface area contributed by atoms with Gasteiger partial charge in [0.2, 0.25) is 0 Å². The number of ether oxygens (including phenoxy) is 1. The summed E-state index contributed by atoms with van der Waals surface area (Å²) in [5.41, 5.74) is 2.44. The standard InChI is InChI=1S/C14H18ClNO/c1-11-8-13(15)5-6-14(11)17-10-12-4-3-7-16(2)9-12/h4-6,8H,3,7,9-10H2,1-2H3. The molecule has 2 nitrogen and oxygen atoms in total. The summed E-state index contributed by atoms with van der Waals surface area (Å²) >= 11 is 5.91. The van der Waals surface area contributed by atoms with Crippen molar-refractivity contribution in [3.63, 3.8) is 0 Å². The van der Waals surface area contributed by atoms with Crippen molar-refractivity contribution in [2.45, 2.75) is 13.3 Å². The monoisotopic (exact) mass is 251 g/mol. The van der Waals surface area contributed by atoms with E-state index in [1.54, 1.807) is 0 Å². The lowest BCUT2D eigenvalue weighted by Gasteiger charge is -2.23. The molecule has 0 saturated carbocycles. The third kappa shape index (κ3) is 3.48. The van der Waals surface area contributed by atoms with Gasteiger partial charge in [0.15, 0.2) is 0 Å². The van der Waals surface area contributed by atoms with Crippen molar-refractivity contribution < 1.29 is 4.74 Å². The van der Waals surface area contributed by atoms with Crippen LogP contribution in [0.2, 0.25) is 5.02 Å². The molecule has 0 fully saturated rings. The molecule has 0 aromatic heterocycles. The lowest BCUT2D eigenvalue weighted by atomic mass is 10.1. The van der Waals surface area contributed by atoms with Gasteiger partial charge in [-0.2, -0.15) is 0 Å². The average Bonchev–Trinajstić information content (AvgIpc) is 2.28. The fraction of sp³-hybridized carbons (Fsp3) is 0.429. The van der Waals surface area contributed by atoms with Gasteiger partial charge in [-0.05, 0) is 49.7 Å². The van der Waals surface area contributed by atoms with E-state index >= 15 is 0 Å². The summed E-state index contributed by atoms with van der Waals surface area (Å²) < 4.78 is 5.83. The van der Waals surface area contributed by atoms with E-state index in [9.17, 15) is 0 Å². The van der Waals surface area contributed by atoms with E-state index in [-0.39, 0.29) is 0 Å². The van der Waals surface area contributed by atoms with Gasteiger partial charge in [-0.25, -0.2) is 0 Å². The second-order valence-corrected chi connectivity index (χ2v) is 5.02. The highest BCUT2D eigenvalue weighted by atomic mass is 35.5. The first-order valence-electron chi connectivity index (χ1n) is 5.90. The van der Waals surface area contributed by atoms with Crippen LogP contribution in [0.25, 0.3) is 0 Å². The maximum absolute atomic E-state index is 5.91. The van der Waals surface area contributed by atoms with Gasteiger partial charge in [0.25, 0.3) is 0 Å². The summed E-state index contributed by atoms with van der Waals surface area (Å²) in [7, 11) is 2.14. The Morgan fingerprint density at radius 3 is 2.94 bits per heavy atom. The van der Waals surface area contributed by atoms with E-state index < -0.39 is 0 Å². The van der Waals surface area contributed by atoms with Crippen molar-refractivity contribution >= 4 is 11.6 Å². The third-order valence-electron chi connectivity index (χ3n) is 2.97. The van der Waals surface area contributed by atoms with Crippen LogP contribution in [0, 0.1) is 6.92 Å². The minimum absolute atomic E-state index is 0.673. The van der Waals surface area contributed by atoms with Crippen LogP contribution < -0.4 is 4.74 Å². The number of halogens is 1. The summed E-state index contributed by atoms with van der Waals surface area (Å²) in [6.45, 7) is 4.84. The van der Waals surface area contributed by atoms with Crippen LogP contribution in [-0.4, -0.2) is 31.6 Å². The van der Waals surface area contributed by atoms with Gasteiger partial charge in [-0.1, -0.05) is 17.7 Å². The van der Waals surface area contributed by atoms with Gasteiger partial charge in [0, 0.05) is 18.1 Å². The summed E-state index contributed by atoms with van der Waals surface area (Å²) in [4.78, 5) is 2.31. The number of aryl methyl sites for hydroxylation is 1. The first-order chi connectivity index (χ1) is 8.15. The zero-order valence-corrected chi connectivity index (χ0v) is 11.1. The minimum atomic E-state index is 0.673. The maximum Gasteiger partial charge on any atom is 0.122 e. The van der Waals surface area contributed by atoms with Gasteiger partial charge in [0.1, 0.15) is 12.4 Å². The number of hydrogen-bond acceptors (Lipinski definition) is 2.